The van der Waals surface area contributed by atoms with Gasteiger partial charge in [0.2, 0.25) is 10.0 Å². The van der Waals surface area contributed by atoms with Gasteiger partial charge in [0.05, 0.1) is 20.3 Å². The van der Waals surface area contributed by atoms with Gasteiger partial charge in [0.15, 0.2) is 0 Å². The van der Waals surface area contributed by atoms with Gasteiger partial charge in [0, 0.05) is 36.1 Å². The number of nitrogens with one attached hydrogen (secondary N) is 1. The van der Waals surface area contributed by atoms with Gasteiger partial charge in [0.25, 0.3) is 0 Å². The lowest BCUT2D eigenvalue weighted by molar-refractivity contribution is 0.0172. The molecule has 1 atom stereocenters. The second kappa shape index (κ2) is 10.2. The fourth-order valence-electron chi connectivity index (χ4n) is 3.16. The summed E-state index contributed by atoms with van der Waals surface area (Å²) in [5.41, 5.74) is 1.79. The van der Waals surface area contributed by atoms with E-state index < -0.39 is 10.0 Å². The van der Waals surface area contributed by atoms with Crippen molar-refractivity contribution in [3.05, 3.63) is 70.1 Å². The van der Waals surface area contributed by atoms with Crippen molar-refractivity contribution in [2.45, 2.75) is 6.04 Å². The highest BCUT2D eigenvalue weighted by atomic mass is 35.5. The summed E-state index contributed by atoms with van der Waals surface area (Å²) >= 11 is 5.86. The Kier molecular flexibility index (Phi) is 7.69. The topological polar surface area (TPSA) is 67.9 Å². The molecule has 0 bridgehead atoms. The van der Waals surface area contributed by atoms with Crippen LogP contribution in [0.2, 0.25) is 5.02 Å². The molecule has 29 heavy (non-hydrogen) atoms. The second-order valence-electron chi connectivity index (χ2n) is 6.69. The average molecular weight is 437 g/mol. The SMILES string of the molecule is COc1ccc(C(CNS(=O)(=O)C=Cc2ccc(Cl)cc2)N2CCOCC2)cc1. The first-order chi connectivity index (χ1) is 14.0. The molecular weight excluding hydrogens is 412 g/mol. The van der Waals surface area contributed by atoms with Gasteiger partial charge in [-0.1, -0.05) is 35.9 Å². The summed E-state index contributed by atoms with van der Waals surface area (Å²) in [6, 6.07) is 14.6. The summed E-state index contributed by atoms with van der Waals surface area (Å²) in [5.74, 6) is 0.765. The highest BCUT2D eigenvalue weighted by Gasteiger charge is 2.24. The molecule has 3 rings (SSSR count). The normalized spacial score (nSPS) is 16.8. The third kappa shape index (κ3) is 6.55. The first-order valence-electron chi connectivity index (χ1n) is 9.36. The van der Waals surface area contributed by atoms with E-state index in [1.54, 1.807) is 37.5 Å². The molecule has 0 aliphatic carbocycles. The maximum absolute atomic E-state index is 12.5. The Morgan fingerprint density at radius 2 is 1.79 bits per heavy atom. The van der Waals surface area contributed by atoms with Crippen molar-refractivity contribution >= 4 is 27.7 Å². The van der Waals surface area contributed by atoms with Gasteiger partial charge in [0.1, 0.15) is 5.75 Å². The van der Waals surface area contributed by atoms with E-state index in [9.17, 15) is 8.42 Å². The third-order valence-electron chi connectivity index (χ3n) is 4.77. The molecule has 1 fully saturated rings. The predicted octanol–water partition coefficient (Wildman–Crippen LogP) is 3.31. The summed E-state index contributed by atoms with van der Waals surface area (Å²) in [6.07, 6.45) is 1.55. The number of nitrogens with zero attached hydrogens (tertiary/aromatic N) is 1. The van der Waals surface area contributed by atoms with Gasteiger partial charge in [-0.05, 0) is 41.5 Å². The standard InChI is InChI=1S/C21H25ClN2O4S/c1-27-20-8-4-18(5-9-20)21(24-11-13-28-14-12-24)16-23-29(25,26)15-10-17-2-6-19(22)7-3-17/h2-10,15,21,23H,11-14,16H2,1H3. The van der Waals surface area contributed by atoms with Gasteiger partial charge in [-0.2, -0.15) is 0 Å². The number of hydrogen-bond acceptors (Lipinski definition) is 5. The Labute approximate surface area is 177 Å². The van der Waals surface area contributed by atoms with Crippen LogP contribution in [0, 0.1) is 0 Å². The van der Waals surface area contributed by atoms with Crippen LogP contribution >= 0.6 is 11.6 Å². The van der Waals surface area contributed by atoms with Crippen molar-refractivity contribution in [2.24, 2.45) is 0 Å². The van der Waals surface area contributed by atoms with E-state index in [1.165, 1.54) is 5.41 Å². The molecule has 2 aromatic carbocycles. The average Bonchev–Trinajstić information content (AvgIpc) is 2.75. The molecule has 1 unspecified atom stereocenters. The van der Waals surface area contributed by atoms with Gasteiger partial charge in [-0.15, -0.1) is 0 Å². The number of methoxy groups -OCH3 is 1. The summed E-state index contributed by atoms with van der Waals surface area (Å²) in [6.45, 7) is 3.03. The van der Waals surface area contributed by atoms with Crippen LogP contribution in [0.25, 0.3) is 6.08 Å². The van der Waals surface area contributed by atoms with E-state index in [0.717, 1.165) is 30.0 Å². The van der Waals surface area contributed by atoms with Crippen LogP contribution in [-0.4, -0.2) is 53.3 Å². The molecule has 2 aromatic rings. The van der Waals surface area contributed by atoms with E-state index in [4.69, 9.17) is 21.1 Å². The largest absolute Gasteiger partial charge is 0.497 e. The van der Waals surface area contributed by atoms with Crippen molar-refractivity contribution < 1.29 is 17.9 Å². The zero-order valence-corrected chi connectivity index (χ0v) is 17.8. The minimum Gasteiger partial charge on any atom is -0.497 e. The van der Waals surface area contributed by atoms with Gasteiger partial charge < -0.3 is 9.47 Å². The van der Waals surface area contributed by atoms with Gasteiger partial charge in [-0.3, -0.25) is 4.90 Å². The second-order valence-corrected chi connectivity index (χ2v) is 8.77. The number of rotatable bonds is 8. The van der Waals surface area contributed by atoms with Crippen molar-refractivity contribution in [3.8, 4) is 5.75 Å². The molecule has 1 saturated heterocycles. The lowest BCUT2D eigenvalue weighted by atomic mass is 10.0. The lowest BCUT2D eigenvalue weighted by Crippen LogP contribution is -2.43. The van der Waals surface area contributed by atoms with Gasteiger partial charge in [-0.25, -0.2) is 13.1 Å². The van der Waals surface area contributed by atoms with Crippen LogP contribution in [-0.2, 0) is 14.8 Å². The highest BCUT2D eigenvalue weighted by molar-refractivity contribution is 7.92. The van der Waals surface area contributed by atoms with E-state index in [2.05, 4.69) is 9.62 Å². The maximum Gasteiger partial charge on any atom is 0.233 e. The fraction of sp³-hybridized carbons (Fsp3) is 0.333. The molecule has 0 radical (unpaired) electrons. The van der Waals surface area contributed by atoms with Crippen molar-refractivity contribution in [3.63, 3.8) is 0 Å². The quantitative estimate of drug-likeness (QED) is 0.687. The zero-order valence-electron chi connectivity index (χ0n) is 16.3. The van der Waals surface area contributed by atoms with Crippen molar-refractivity contribution in [2.75, 3.05) is 40.0 Å². The molecule has 0 saturated carbocycles. The Morgan fingerprint density at radius 1 is 1.14 bits per heavy atom. The third-order valence-corrected chi connectivity index (χ3v) is 6.09. The molecule has 0 aromatic heterocycles. The summed E-state index contributed by atoms with van der Waals surface area (Å²) in [7, 11) is -1.97. The monoisotopic (exact) mass is 436 g/mol. The van der Waals surface area contributed by atoms with Crippen molar-refractivity contribution in [1.82, 2.24) is 9.62 Å². The Morgan fingerprint density at radius 3 is 2.41 bits per heavy atom. The molecule has 1 aliphatic rings. The van der Waals surface area contributed by atoms with Crippen molar-refractivity contribution in [1.29, 1.82) is 0 Å². The molecular formula is C21H25ClN2O4S. The summed E-state index contributed by atoms with van der Waals surface area (Å²) < 4.78 is 38.4. The summed E-state index contributed by atoms with van der Waals surface area (Å²) in [5, 5.41) is 1.79. The number of halogens is 1. The number of ether oxygens (including phenoxy) is 2. The fourth-order valence-corrected chi connectivity index (χ4v) is 4.11. The molecule has 0 spiro atoms. The van der Waals surface area contributed by atoms with Gasteiger partial charge >= 0.3 is 0 Å². The minimum absolute atomic E-state index is 0.0940. The molecule has 8 heteroatoms. The molecule has 6 nitrogen and oxygen atoms in total. The van der Waals surface area contributed by atoms with E-state index >= 15 is 0 Å². The van der Waals surface area contributed by atoms with Crippen LogP contribution in [0.1, 0.15) is 17.2 Å². The smallest absolute Gasteiger partial charge is 0.233 e. The summed E-state index contributed by atoms with van der Waals surface area (Å²) in [4.78, 5) is 2.23. The maximum atomic E-state index is 12.5. The van der Waals surface area contributed by atoms with E-state index in [0.29, 0.717) is 18.2 Å². The number of hydrogen-bond donors (Lipinski definition) is 1. The van der Waals surface area contributed by atoms with Crippen LogP contribution in [0.5, 0.6) is 5.75 Å². The molecule has 1 heterocycles. The molecule has 156 valence electrons. The zero-order chi connectivity index (χ0) is 20.7. The molecule has 1 N–H and O–H groups in total. The van der Waals surface area contributed by atoms with Crippen LogP contribution < -0.4 is 9.46 Å². The Bertz CT molecular complexity index is 909. The molecule has 0 amide bonds. The van der Waals surface area contributed by atoms with Crippen LogP contribution in [0.3, 0.4) is 0 Å². The Balaban J connectivity index is 1.71. The number of sulfonamides is 1. The van der Waals surface area contributed by atoms with E-state index in [1.807, 2.05) is 24.3 Å². The Hall–Kier alpha value is -1.90. The number of benzene rings is 2. The first-order valence-corrected chi connectivity index (χ1v) is 11.3. The highest BCUT2D eigenvalue weighted by Crippen LogP contribution is 2.24. The minimum atomic E-state index is -3.59. The number of morpholine rings is 1. The van der Waals surface area contributed by atoms with Crippen LogP contribution in [0.15, 0.2) is 53.9 Å². The predicted molar refractivity (Wildman–Crippen MR) is 116 cm³/mol. The first kappa shape index (κ1) is 21.8. The van der Waals surface area contributed by atoms with E-state index in [-0.39, 0.29) is 12.6 Å². The lowest BCUT2D eigenvalue weighted by Gasteiger charge is -2.34. The van der Waals surface area contributed by atoms with Crippen LogP contribution in [0.4, 0.5) is 0 Å². The molecule has 1 aliphatic heterocycles.